The van der Waals surface area contributed by atoms with Crippen molar-refractivity contribution in [1.29, 1.82) is 0 Å². The largest absolute Gasteiger partial charge is 0.416 e. The van der Waals surface area contributed by atoms with Crippen LogP contribution in [0.15, 0.2) is 72.6 Å². The summed E-state index contributed by atoms with van der Waals surface area (Å²) in [5, 5.41) is 2.85. The fourth-order valence-corrected chi connectivity index (χ4v) is 3.30. The SMILES string of the molecule is O=C1NC(=Cc2cccn2-c2cccc(C(F)(F)F)c2)C(=O)N1c1cccc(Cl)c1. The maximum atomic E-state index is 13.0. The molecule has 2 aromatic carbocycles. The van der Waals surface area contributed by atoms with E-state index in [4.69, 9.17) is 11.6 Å². The van der Waals surface area contributed by atoms with Crippen LogP contribution in [0.5, 0.6) is 0 Å². The van der Waals surface area contributed by atoms with Crippen LogP contribution in [-0.2, 0) is 11.0 Å². The Morgan fingerprint density at radius 1 is 0.933 bits per heavy atom. The lowest BCUT2D eigenvalue weighted by molar-refractivity contribution is -0.137. The Kier molecular flexibility index (Phi) is 4.87. The third-order valence-electron chi connectivity index (χ3n) is 4.47. The second kappa shape index (κ2) is 7.38. The van der Waals surface area contributed by atoms with Crippen molar-refractivity contribution in [3.63, 3.8) is 0 Å². The highest BCUT2D eigenvalue weighted by Gasteiger charge is 2.35. The first-order chi connectivity index (χ1) is 14.2. The number of halogens is 4. The molecule has 0 spiro atoms. The molecule has 0 saturated carbocycles. The van der Waals surface area contributed by atoms with Gasteiger partial charge in [-0.15, -0.1) is 0 Å². The van der Waals surface area contributed by atoms with E-state index >= 15 is 0 Å². The van der Waals surface area contributed by atoms with E-state index in [0.29, 0.717) is 16.4 Å². The summed E-state index contributed by atoms with van der Waals surface area (Å²) in [4.78, 5) is 26.0. The molecule has 5 nitrogen and oxygen atoms in total. The van der Waals surface area contributed by atoms with Crippen LogP contribution in [0.2, 0.25) is 5.02 Å². The van der Waals surface area contributed by atoms with Gasteiger partial charge in [0.15, 0.2) is 0 Å². The second-order valence-electron chi connectivity index (χ2n) is 6.46. The molecule has 1 saturated heterocycles. The number of hydrogen-bond acceptors (Lipinski definition) is 2. The highest BCUT2D eigenvalue weighted by molar-refractivity contribution is 6.32. The van der Waals surface area contributed by atoms with Gasteiger partial charge in [-0.1, -0.05) is 23.7 Å². The summed E-state index contributed by atoms with van der Waals surface area (Å²) in [5.74, 6) is -0.598. The van der Waals surface area contributed by atoms with Crippen LogP contribution in [0.25, 0.3) is 11.8 Å². The normalized spacial score (nSPS) is 15.7. The van der Waals surface area contributed by atoms with E-state index in [9.17, 15) is 22.8 Å². The lowest BCUT2D eigenvalue weighted by atomic mass is 10.2. The monoisotopic (exact) mass is 431 g/mol. The number of hydrogen-bond donors (Lipinski definition) is 1. The highest BCUT2D eigenvalue weighted by atomic mass is 35.5. The number of rotatable bonds is 3. The molecule has 152 valence electrons. The predicted octanol–water partition coefficient (Wildman–Crippen LogP) is 5.25. The van der Waals surface area contributed by atoms with Crippen LogP contribution in [0.4, 0.5) is 23.7 Å². The quantitative estimate of drug-likeness (QED) is 0.455. The van der Waals surface area contributed by atoms with E-state index in [1.807, 2.05) is 0 Å². The molecule has 0 unspecified atom stereocenters. The van der Waals surface area contributed by atoms with E-state index < -0.39 is 23.7 Å². The number of carbonyl (C=O) groups excluding carboxylic acids is 2. The summed E-state index contributed by atoms with van der Waals surface area (Å²) in [6, 6.07) is 13.7. The number of anilines is 1. The maximum absolute atomic E-state index is 13.0. The van der Waals surface area contributed by atoms with Crippen molar-refractivity contribution in [2.75, 3.05) is 4.90 Å². The number of benzene rings is 2. The molecule has 0 radical (unpaired) electrons. The number of urea groups is 1. The highest BCUT2D eigenvalue weighted by Crippen LogP contribution is 2.31. The van der Waals surface area contributed by atoms with Crippen molar-refractivity contribution < 1.29 is 22.8 Å². The number of imide groups is 1. The standard InChI is InChI=1S/C21H13ClF3N3O2/c22-14-5-2-7-17(11-14)28-19(29)18(26-20(28)30)12-16-8-3-9-27(16)15-6-1-4-13(10-15)21(23,24)25/h1-12H,(H,26,30). The predicted molar refractivity (Wildman–Crippen MR) is 106 cm³/mol. The summed E-state index contributed by atoms with van der Waals surface area (Å²) in [5.41, 5.74) is 0.203. The van der Waals surface area contributed by atoms with Gasteiger partial charge in [0.1, 0.15) is 5.70 Å². The molecule has 1 aliphatic heterocycles. The maximum Gasteiger partial charge on any atom is 0.416 e. The minimum atomic E-state index is -4.48. The Morgan fingerprint density at radius 2 is 1.67 bits per heavy atom. The van der Waals surface area contributed by atoms with Crippen LogP contribution in [0, 0.1) is 0 Å². The van der Waals surface area contributed by atoms with Gasteiger partial charge in [-0.2, -0.15) is 13.2 Å². The molecule has 4 rings (SSSR count). The zero-order valence-electron chi connectivity index (χ0n) is 15.2. The Labute approximate surface area is 174 Å². The van der Waals surface area contributed by atoms with Crippen molar-refractivity contribution >= 4 is 35.3 Å². The smallest absolute Gasteiger partial charge is 0.317 e. The van der Waals surface area contributed by atoms with Gasteiger partial charge in [-0.25, -0.2) is 9.69 Å². The van der Waals surface area contributed by atoms with E-state index in [1.54, 1.807) is 36.5 Å². The number of nitrogens with zero attached hydrogens (tertiary/aromatic N) is 2. The van der Waals surface area contributed by atoms with Crippen LogP contribution in [0.1, 0.15) is 11.3 Å². The van der Waals surface area contributed by atoms with Crippen molar-refractivity contribution in [2.24, 2.45) is 0 Å². The van der Waals surface area contributed by atoms with Crippen LogP contribution in [0.3, 0.4) is 0 Å². The van der Waals surface area contributed by atoms with Crippen LogP contribution in [-0.4, -0.2) is 16.5 Å². The number of amides is 3. The third kappa shape index (κ3) is 3.69. The second-order valence-corrected chi connectivity index (χ2v) is 6.90. The fraction of sp³-hybridized carbons (Fsp3) is 0.0476. The minimum absolute atomic E-state index is 0.00750. The van der Waals surface area contributed by atoms with Crippen LogP contribution < -0.4 is 10.2 Å². The molecule has 0 bridgehead atoms. The summed E-state index contributed by atoms with van der Waals surface area (Å²) in [6.45, 7) is 0. The van der Waals surface area contributed by atoms with Gasteiger partial charge in [-0.3, -0.25) is 4.79 Å². The summed E-state index contributed by atoms with van der Waals surface area (Å²) < 4.78 is 40.6. The zero-order chi connectivity index (χ0) is 21.5. The van der Waals surface area contributed by atoms with Crippen molar-refractivity contribution in [1.82, 2.24) is 9.88 Å². The Bertz CT molecular complexity index is 1180. The van der Waals surface area contributed by atoms with Crippen molar-refractivity contribution in [3.8, 4) is 5.69 Å². The van der Waals surface area contributed by atoms with Crippen LogP contribution >= 0.6 is 11.6 Å². The summed E-state index contributed by atoms with van der Waals surface area (Å²) in [7, 11) is 0. The lowest BCUT2D eigenvalue weighted by Crippen LogP contribution is -2.30. The van der Waals surface area contributed by atoms with Gasteiger partial charge in [0.25, 0.3) is 5.91 Å². The van der Waals surface area contributed by atoms with E-state index in [1.165, 1.54) is 28.8 Å². The summed E-state index contributed by atoms with van der Waals surface area (Å²) in [6.07, 6.45) is -1.50. The molecule has 3 aromatic rings. The minimum Gasteiger partial charge on any atom is -0.317 e. The molecule has 1 N–H and O–H groups in total. The number of nitrogens with one attached hydrogen (secondary N) is 1. The molecular weight excluding hydrogens is 419 g/mol. The molecule has 0 atom stereocenters. The molecule has 1 aliphatic rings. The third-order valence-corrected chi connectivity index (χ3v) is 4.70. The number of aromatic nitrogens is 1. The first-order valence-corrected chi connectivity index (χ1v) is 9.09. The van der Waals surface area contributed by atoms with Gasteiger partial charge < -0.3 is 9.88 Å². The first-order valence-electron chi connectivity index (χ1n) is 8.72. The molecule has 2 heterocycles. The Morgan fingerprint density at radius 3 is 2.40 bits per heavy atom. The van der Waals surface area contributed by atoms with E-state index in [2.05, 4.69) is 5.32 Å². The molecular formula is C21H13ClF3N3O2. The van der Waals surface area contributed by atoms with E-state index in [0.717, 1.165) is 17.0 Å². The lowest BCUT2D eigenvalue weighted by Gasteiger charge is -2.12. The average molecular weight is 432 g/mol. The molecule has 1 aromatic heterocycles. The average Bonchev–Trinajstić information content (AvgIpc) is 3.26. The molecule has 9 heteroatoms. The Hall–Kier alpha value is -3.52. The van der Waals surface area contributed by atoms with E-state index in [-0.39, 0.29) is 11.4 Å². The number of carbonyl (C=O) groups is 2. The van der Waals surface area contributed by atoms with Gasteiger partial charge in [0, 0.05) is 22.6 Å². The van der Waals surface area contributed by atoms with Crippen molar-refractivity contribution in [3.05, 3.63) is 88.8 Å². The summed E-state index contributed by atoms with van der Waals surface area (Å²) >= 11 is 5.94. The van der Waals surface area contributed by atoms with Gasteiger partial charge in [0.2, 0.25) is 0 Å². The molecule has 1 fully saturated rings. The molecule has 30 heavy (non-hydrogen) atoms. The zero-order valence-corrected chi connectivity index (χ0v) is 15.9. The topological polar surface area (TPSA) is 54.3 Å². The van der Waals surface area contributed by atoms with Gasteiger partial charge >= 0.3 is 12.2 Å². The van der Waals surface area contributed by atoms with Gasteiger partial charge in [-0.05, 0) is 54.6 Å². The first kappa shape index (κ1) is 19.8. The fourth-order valence-electron chi connectivity index (χ4n) is 3.11. The Balaban J connectivity index is 1.69. The molecule has 3 amide bonds. The van der Waals surface area contributed by atoms with Gasteiger partial charge in [0.05, 0.1) is 11.3 Å². The number of alkyl halides is 3. The molecule has 0 aliphatic carbocycles. The van der Waals surface area contributed by atoms with Crippen molar-refractivity contribution in [2.45, 2.75) is 6.18 Å².